The molecule has 0 aliphatic rings. The standard InChI is InChI=1S/C12H14FNO4/c1-2-10(12(16)17)14-11(15)7-18-9-5-3-4-8(13)6-9/h3-6,10H,2,7H2,1H3,(H,14,15)(H,16,17)/t10-/m1/s1. The molecule has 1 amide bonds. The summed E-state index contributed by atoms with van der Waals surface area (Å²) < 4.78 is 17.8. The Kier molecular flexibility index (Phi) is 5.10. The molecule has 0 radical (unpaired) electrons. The summed E-state index contributed by atoms with van der Waals surface area (Å²) in [5.41, 5.74) is 0. The van der Waals surface area contributed by atoms with Crippen molar-refractivity contribution in [3.63, 3.8) is 0 Å². The van der Waals surface area contributed by atoms with Gasteiger partial charge in [0, 0.05) is 6.07 Å². The van der Waals surface area contributed by atoms with Gasteiger partial charge >= 0.3 is 5.97 Å². The molecule has 0 fully saturated rings. The lowest BCUT2D eigenvalue weighted by atomic mass is 10.2. The maximum atomic E-state index is 12.8. The van der Waals surface area contributed by atoms with Crippen LogP contribution in [0.2, 0.25) is 0 Å². The minimum absolute atomic E-state index is 0.216. The number of carbonyl (C=O) groups is 2. The van der Waals surface area contributed by atoms with Gasteiger partial charge in [-0.05, 0) is 18.6 Å². The number of amides is 1. The average molecular weight is 255 g/mol. The summed E-state index contributed by atoms with van der Waals surface area (Å²) in [6.07, 6.45) is 0.279. The summed E-state index contributed by atoms with van der Waals surface area (Å²) in [6, 6.07) is 4.42. The first-order valence-corrected chi connectivity index (χ1v) is 5.43. The minimum Gasteiger partial charge on any atom is -0.484 e. The fraction of sp³-hybridized carbons (Fsp3) is 0.333. The van der Waals surface area contributed by atoms with Gasteiger partial charge in [-0.25, -0.2) is 9.18 Å². The Balaban J connectivity index is 2.44. The maximum absolute atomic E-state index is 12.8. The highest BCUT2D eigenvalue weighted by molar-refractivity contribution is 5.84. The van der Waals surface area contributed by atoms with Crippen LogP contribution in [-0.2, 0) is 9.59 Å². The number of benzene rings is 1. The predicted octanol–water partition coefficient (Wildman–Crippen LogP) is 1.18. The molecule has 98 valence electrons. The molecule has 0 saturated carbocycles. The molecule has 5 nitrogen and oxygen atoms in total. The number of hydrogen-bond acceptors (Lipinski definition) is 3. The van der Waals surface area contributed by atoms with Crippen molar-refractivity contribution in [1.82, 2.24) is 5.32 Å². The lowest BCUT2D eigenvalue weighted by Crippen LogP contribution is -2.42. The van der Waals surface area contributed by atoms with E-state index in [1.165, 1.54) is 18.2 Å². The van der Waals surface area contributed by atoms with Crippen molar-refractivity contribution in [1.29, 1.82) is 0 Å². The summed E-state index contributed by atoms with van der Waals surface area (Å²) >= 11 is 0. The van der Waals surface area contributed by atoms with E-state index in [1.807, 2.05) is 0 Å². The highest BCUT2D eigenvalue weighted by atomic mass is 19.1. The van der Waals surface area contributed by atoms with Crippen molar-refractivity contribution in [2.24, 2.45) is 0 Å². The summed E-state index contributed by atoms with van der Waals surface area (Å²) in [5.74, 6) is -1.91. The Morgan fingerprint density at radius 1 is 1.50 bits per heavy atom. The van der Waals surface area contributed by atoms with Gasteiger partial charge in [-0.3, -0.25) is 4.79 Å². The van der Waals surface area contributed by atoms with Crippen molar-refractivity contribution in [2.75, 3.05) is 6.61 Å². The van der Waals surface area contributed by atoms with Gasteiger partial charge in [0.2, 0.25) is 0 Å². The number of carboxylic acids is 1. The van der Waals surface area contributed by atoms with Crippen LogP contribution in [0.1, 0.15) is 13.3 Å². The van der Waals surface area contributed by atoms with Gasteiger partial charge in [0.25, 0.3) is 5.91 Å². The van der Waals surface area contributed by atoms with Crippen molar-refractivity contribution in [2.45, 2.75) is 19.4 Å². The van der Waals surface area contributed by atoms with E-state index < -0.39 is 23.7 Å². The van der Waals surface area contributed by atoms with E-state index in [0.29, 0.717) is 0 Å². The number of ether oxygens (including phenoxy) is 1. The van der Waals surface area contributed by atoms with Gasteiger partial charge in [0.1, 0.15) is 17.6 Å². The van der Waals surface area contributed by atoms with Crippen molar-refractivity contribution < 1.29 is 23.8 Å². The van der Waals surface area contributed by atoms with Crippen LogP contribution in [0.3, 0.4) is 0 Å². The zero-order valence-electron chi connectivity index (χ0n) is 9.85. The van der Waals surface area contributed by atoms with E-state index in [9.17, 15) is 14.0 Å². The Labute approximate surface area is 104 Å². The third-order valence-corrected chi connectivity index (χ3v) is 2.21. The molecule has 0 aromatic heterocycles. The molecule has 6 heteroatoms. The van der Waals surface area contributed by atoms with Crippen molar-refractivity contribution in [3.05, 3.63) is 30.1 Å². The van der Waals surface area contributed by atoms with Crippen LogP contribution in [0.25, 0.3) is 0 Å². The summed E-state index contributed by atoms with van der Waals surface area (Å²) in [5, 5.41) is 11.0. The molecular weight excluding hydrogens is 241 g/mol. The first kappa shape index (κ1) is 14.0. The third kappa shape index (κ3) is 4.40. The highest BCUT2D eigenvalue weighted by Gasteiger charge is 2.17. The largest absolute Gasteiger partial charge is 0.484 e. The molecule has 0 saturated heterocycles. The summed E-state index contributed by atoms with van der Waals surface area (Å²) in [4.78, 5) is 22.1. The van der Waals surface area contributed by atoms with E-state index in [4.69, 9.17) is 9.84 Å². The van der Waals surface area contributed by atoms with Gasteiger partial charge in [0.05, 0.1) is 0 Å². The molecular formula is C12H14FNO4. The quantitative estimate of drug-likeness (QED) is 0.800. The normalized spacial score (nSPS) is 11.7. The van der Waals surface area contributed by atoms with E-state index in [-0.39, 0.29) is 18.8 Å². The first-order chi connectivity index (χ1) is 8.52. The van der Waals surface area contributed by atoms with Crippen LogP contribution in [0.4, 0.5) is 4.39 Å². The number of aliphatic carboxylic acids is 1. The second-order valence-corrected chi connectivity index (χ2v) is 3.61. The Morgan fingerprint density at radius 3 is 2.78 bits per heavy atom. The Morgan fingerprint density at radius 2 is 2.22 bits per heavy atom. The zero-order chi connectivity index (χ0) is 13.5. The molecule has 0 bridgehead atoms. The van der Waals surface area contributed by atoms with E-state index in [1.54, 1.807) is 6.92 Å². The fourth-order valence-corrected chi connectivity index (χ4v) is 1.28. The number of halogens is 1. The third-order valence-electron chi connectivity index (χ3n) is 2.21. The fourth-order valence-electron chi connectivity index (χ4n) is 1.28. The zero-order valence-corrected chi connectivity index (χ0v) is 9.85. The molecule has 2 N–H and O–H groups in total. The van der Waals surface area contributed by atoms with Crippen LogP contribution in [0.15, 0.2) is 24.3 Å². The average Bonchev–Trinajstić information content (AvgIpc) is 2.33. The highest BCUT2D eigenvalue weighted by Crippen LogP contribution is 2.11. The molecule has 18 heavy (non-hydrogen) atoms. The van der Waals surface area contributed by atoms with Crippen LogP contribution in [0.5, 0.6) is 5.75 Å². The Bertz CT molecular complexity index is 436. The van der Waals surface area contributed by atoms with Gasteiger partial charge in [0.15, 0.2) is 6.61 Å². The van der Waals surface area contributed by atoms with Gasteiger partial charge in [-0.2, -0.15) is 0 Å². The van der Waals surface area contributed by atoms with Crippen LogP contribution in [0, 0.1) is 5.82 Å². The van der Waals surface area contributed by atoms with E-state index in [2.05, 4.69) is 5.32 Å². The van der Waals surface area contributed by atoms with Gasteiger partial charge < -0.3 is 15.2 Å². The van der Waals surface area contributed by atoms with E-state index >= 15 is 0 Å². The lowest BCUT2D eigenvalue weighted by molar-refractivity contribution is -0.142. The second kappa shape index (κ2) is 6.58. The molecule has 1 aromatic carbocycles. The van der Waals surface area contributed by atoms with Crippen molar-refractivity contribution in [3.8, 4) is 5.75 Å². The van der Waals surface area contributed by atoms with Crippen LogP contribution in [-0.4, -0.2) is 29.6 Å². The van der Waals surface area contributed by atoms with Crippen LogP contribution < -0.4 is 10.1 Å². The van der Waals surface area contributed by atoms with Gasteiger partial charge in [-0.1, -0.05) is 13.0 Å². The van der Waals surface area contributed by atoms with Crippen molar-refractivity contribution >= 4 is 11.9 Å². The predicted molar refractivity (Wildman–Crippen MR) is 61.8 cm³/mol. The van der Waals surface area contributed by atoms with E-state index in [0.717, 1.165) is 6.07 Å². The number of carboxylic acid groups (broad SMARTS) is 1. The SMILES string of the molecule is CC[C@@H](NC(=O)COc1cccc(F)c1)C(=O)O. The summed E-state index contributed by atoms with van der Waals surface area (Å²) in [6.45, 7) is 1.29. The summed E-state index contributed by atoms with van der Waals surface area (Å²) in [7, 11) is 0. The second-order valence-electron chi connectivity index (χ2n) is 3.61. The molecule has 0 aliphatic carbocycles. The number of rotatable bonds is 6. The smallest absolute Gasteiger partial charge is 0.326 e. The molecule has 1 rings (SSSR count). The molecule has 0 aliphatic heterocycles. The maximum Gasteiger partial charge on any atom is 0.326 e. The lowest BCUT2D eigenvalue weighted by Gasteiger charge is -2.12. The monoisotopic (exact) mass is 255 g/mol. The molecule has 0 heterocycles. The van der Waals surface area contributed by atoms with Gasteiger partial charge in [-0.15, -0.1) is 0 Å². The Hall–Kier alpha value is -2.11. The topological polar surface area (TPSA) is 75.6 Å². The number of nitrogens with one attached hydrogen (secondary N) is 1. The number of hydrogen-bond donors (Lipinski definition) is 2. The molecule has 1 atom stereocenters. The van der Waals surface area contributed by atoms with Crippen LogP contribution >= 0.6 is 0 Å². The first-order valence-electron chi connectivity index (χ1n) is 5.43. The molecule has 0 unspecified atom stereocenters. The molecule has 0 spiro atoms. The molecule has 1 aromatic rings. The minimum atomic E-state index is -1.10. The number of carbonyl (C=O) groups excluding carboxylic acids is 1.